The number of hydrogen-bond acceptors (Lipinski definition) is 5. The normalized spacial score (nSPS) is 11.1. The van der Waals surface area contributed by atoms with Gasteiger partial charge in [-0.05, 0) is 40.5 Å². The second kappa shape index (κ2) is 5.57. The fraction of sp³-hybridized carbons (Fsp3) is 0.300. The van der Waals surface area contributed by atoms with Crippen molar-refractivity contribution in [3.05, 3.63) is 22.2 Å². The molecule has 100 valence electrons. The van der Waals surface area contributed by atoms with E-state index in [2.05, 4.69) is 25.4 Å². The third kappa shape index (κ3) is 3.88. The van der Waals surface area contributed by atoms with E-state index < -0.39 is 21.7 Å². The lowest BCUT2D eigenvalue weighted by Crippen LogP contribution is -2.24. The number of aryl methyl sites for hydroxylation is 1. The Morgan fingerprint density at radius 1 is 1.50 bits per heavy atom. The second-order valence-electron chi connectivity index (χ2n) is 3.65. The molecule has 0 aliphatic heterocycles. The standard InChI is InChI=1S/C10H13BrN2O4S/c1-6-3-7(11)10(8(12)4-6)13-18(15,16)5-9(14)17-2/h3-4,13H,5,12H2,1-2H3. The van der Waals surface area contributed by atoms with Crippen LogP contribution in [0.15, 0.2) is 16.6 Å². The number of hydrogen-bond donors (Lipinski definition) is 2. The Morgan fingerprint density at radius 3 is 2.61 bits per heavy atom. The lowest BCUT2D eigenvalue weighted by atomic mass is 10.2. The van der Waals surface area contributed by atoms with E-state index >= 15 is 0 Å². The third-order valence-corrected chi connectivity index (χ3v) is 3.81. The predicted molar refractivity (Wildman–Crippen MR) is 72.7 cm³/mol. The molecular formula is C10H13BrN2O4S. The van der Waals surface area contributed by atoms with Crippen LogP contribution in [0.1, 0.15) is 5.56 Å². The first-order valence-corrected chi connectivity index (χ1v) is 7.32. The Balaban J connectivity index is 3.01. The smallest absolute Gasteiger partial charge is 0.322 e. The molecule has 0 radical (unpaired) electrons. The SMILES string of the molecule is COC(=O)CS(=O)(=O)Nc1c(N)cc(C)cc1Br. The molecule has 0 aliphatic carbocycles. The summed E-state index contributed by atoms with van der Waals surface area (Å²) in [6.07, 6.45) is 0. The van der Waals surface area contributed by atoms with Gasteiger partial charge in [-0.25, -0.2) is 8.42 Å². The van der Waals surface area contributed by atoms with E-state index in [0.29, 0.717) is 4.47 Å². The van der Waals surface area contributed by atoms with Gasteiger partial charge in [-0.15, -0.1) is 0 Å². The number of anilines is 2. The van der Waals surface area contributed by atoms with Gasteiger partial charge in [0.25, 0.3) is 0 Å². The van der Waals surface area contributed by atoms with Crippen LogP contribution in [0.2, 0.25) is 0 Å². The van der Waals surface area contributed by atoms with E-state index in [0.717, 1.165) is 12.7 Å². The Hall–Kier alpha value is -1.28. The molecule has 1 rings (SSSR count). The lowest BCUT2D eigenvalue weighted by Gasteiger charge is -2.12. The molecule has 0 heterocycles. The number of sulfonamides is 1. The number of carbonyl (C=O) groups is 1. The third-order valence-electron chi connectivity index (χ3n) is 2.06. The molecule has 0 amide bonds. The van der Waals surface area contributed by atoms with Gasteiger partial charge in [0.1, 0.15) is 0 Å². The van der Waals surface area contributed by atoms with Crippen LogP contribution in [0, 0.1) is 6.92 Å². The molecule has 0 fully saturated rings. The van der Waals surface area contributed by atoms with Crippen molar-refractivity contribution in [2.45, 2.75) is 6.92 Å². The molecule has 1 aromatic carbocycles. The van der Waals surface area contributed by atoms with E-state index in [1.54, 1.807) is 12.1 Å². The summed E-state index contributed by atoms with van der Waals surface area (Å²) in [5.41, 5.74) is 7.09. The number of ether oxygens (including phenoxy) is 1. The number of methoxy groups -OCH3 is 1. The highest BCUT2D eigenvalue weighted by molar-refractivity contribution is 9.10. The average Bonchev–Trinajstić information content (AvgIpc) is 2.22. The Labute approximate surface area is 114 Å². The number of nitrogens with one attached hydrogen (secondary N) is 1. The summed E-state index contributed by atoms with van der Waals surface area (Å²) in [6, 6.07) is 3.34. The molecule has 0 atom stereocenters. The fourth-order valence-electron chi connectivity index (χ4n) is 1.28. The first kappa shape index (κ1) is 14.8. The highest BCUT2D eigenvalue weighted by Gasteiger charge is 2.19. The molecule has 6 nitrogen and oxygen atoms in total. The van der Waals surface area contributed by atoms with Crippen molar-refractivity contribution in [3.8, 4) is 0 Å². The summed E-state index contributed by atoms with van der Waals surface area (Å²) in [5.74, 6) is -1.60. The van der Waals surface area contributed by atoms with Crippen molar-refractivity contribution in [3.63, 3.8) is 0 Å². The molecule has 0 aliphatic rings. The minimum absolute atomic E-state index is 0.213. The number of halogens is 1. The number of nitrogens with two attached hydrogens (primary N) is 1. The molecule has 0 aromatic heterocycles. The lowest BCUT2D eigenvalue weighted by molar-refractivity contribution is -0.137. The van der Waals surface area contributed by atoms with Gasteiger partial charge in [0.15, 0.2) is 5.75 Å². The van der Waals surface area contributed by atoms with Crippen LogP contribution < -0.4 is 10.5 Å². The summed E-state index contributed by atoms with van der Waals surface area (Å²) >= 11 is 3.21. The van der Waals surface area contributed by atoms with Gasteiger partial charge < -0.3 is 10.5 Å². The van der Waals surface area contributed by atoms with Gasteiger partial charge in [0, 0.05) is 4.47 Å². The van der Waals surface area contributed by atoms with Crippen LogP contribution >= 0.6 is 15.9 Å². The molecule has 0 saturated carbocycles. The number of esters is 1. The van der Waals surface area contributed by atoms with Gasteiger partial charge in [0.2, 0.25) is 10.0 Å². The van der Waals surface area contributed by atoms with Crippen LogP contribution in [-0.4, -0.2) is 27.2 Å². The van der Waals surface area contributed by atoms with Crippen LogP contribution in [0.3, 0.4) is 0 Å². The summed E-state index contributed by atoms with van der Waals surface area (Å²) in [6.45, 7) is 1.83. The molecule has 0 saturated heterocycles. The van der Waals surface area contributed by atoms with Gasteiger partial charge in [-0.2, -0.15) is 0 Å². The van der Waals surface area contributed by atoms with Crippen LogP contribution in [0.25, 0.3) is 0 Å². The van der Waals surface area contributed by atoms with E-state index in [9.17, 15) is 13.2 Å². The minimum atomic E-state index is -3.84. The maximum atomic E-state index is 11.7. The molecule has 1 aromatic rings. The number of nitrogen functional groups attached to an aromatic ring is 1. The Bertz CT molecular complexity index is 548. The molecule has 18 heavy (non-hydrogen) atoms. The summed E-state index contributed by atoms with van der Waals surface area (Å²) < 4.78 is 30.4. The highest BCUT2D eigenvalue weighted by atomic mass is 79.9. The molecular weight excluding hydrogens is 324 g/mol. The molecule has 3 N–H and O–H groups in total. The largest absolute Gasteiger partial charge is 0.468 e. The van der Waals surface area contributed by atoms with Crippen molar-refractivity contribution >= 4 is 43.3 Å². The maximum absolute atomic E-state index is 11.7. The zero-order chi connectivity index (χ0) is 13.9. The van der Waals surface area contributed by atoms with Gasteiger partial charge in [-0.1, -0.05) is 0 Å². The van der Waals surface area contributed by atoms with E-state index in [1.807, 2.05) is 6.92 Å². The van der Waals surface area contributed by atoms with E-state index in [-0.39, 0.29) is 11.4 Å². The first-order chi connectivity index (χ1) is 8.25. The molecule has 8 heteroatoms. The zero-order valence-electron chi connectivity index (χ0n) is 9.86. The van der Waals surface area contributed by atoms with Crippen molar-refractivity contribution in [2.75, 3.05) is 23.3 Å². The predicted octanol–water partition coefficient (Wildman–Crippen LogP) is 1.25. The quantitative estimate of drug-likeness (QED) is 0.636. The number of rotatable bonds is 4. The second-order valence-corrected chi connectivity index (χ2v) is 6.22. The van der Waals surface area contributed by atoms with Crippen molar-refractivity contribution < 1.29 is 17.9 Å². The summed E-state index contributed by atoms with van der Waals surface area (Å²) in [7, 11) is -2.72. The highest BCUT2D eigenvalue weighted by Crippen LogP contribution is 2.31. The van der Waals surface area contributed by atoms with Crippen LogP contribution in [-0.2, 0) is 19.6 Å². The zero-order valence-corrected chi connectivity index (χ0v) is 12.3. The Morgan fingerprint density at radius 2 is 2.11 bits per heavy atom. The van der Waals surface area contributed by atoms with Crippen molar-refractivity contribution in [1.82, 2.24) is 0 Å². The van der Waals surface area contributed by atoms with Crippen LogP contribution in [0.4, 0.5) is 11.4 Å². The van der Waals surface area contributed by atoms with Crippen molar-refractivity contribution in [1.29, 1.82) is 0 Å². The topological polar surface area (TPSA) is 98.5 Å². The van der Waals surface area contributed by atoms with Gasteiger partial charge in [0.05, 0.1) is 18.5 Å². The average molecular weight is 337 g/mol. The number of benzene rings is 1. The van der Waals surface area contributed by atoms with Gasteiger partial charge >= 0.3 is 5.97 Å². The summed E-state index contributed by atoms with van der Waals surface area (Å²) in [5, 5.41) is 0. The van der Waals surface area contributed by atoms with Crippen molar-refractivity contribution in [2.24, 2.45) is 0 Å². The van der Waals surface area contributed by atoms with Crippen LogP contribution in [0.5, 0.6) is 0 Å². The van der Waals surface area contributed by atoms with Gasteiger partial charge in [-0.3, -0.25) is 9.52 Å². The molecule has 0 unspecified atom stereocenters. The monoisotopic (exact) mass is 336 g/mol. The minimum Gasteiger partial charge on any atom is -0.468 e. The molecule has 0 bridgehead atoms. The fourth-order valence-corrected chi connectivity index (χ4v) is 3.14. The van der Waals surface area contributed by atoms with E-state index in [1.165, 1.54) is 0 Å². The maximum Gasteiger partial charge on any atom is 0.322 e. The number of carbonyl (C=O) groups excluding carboxylic acids is 1. The molecule has 0 spiro atoms. The Kier molecular flexibility index (Phi) is 4.58. The summed E-state index contributed by atoms with van der Waals surface area (Å²) in [4.78, 5) is 11.0. The van der Waals surface area contributed by atoms with E-state index in [4.69, 9.17) is 5.73 Å². The first-order valence-electron chi connectivity index (χ1n) is 4.88.